The van der Waals surface area contributed by atoms with Crippen LogP contribution in [0.25, 0.3) is 11.2 Å². The molecule has 6 N–H and O–H groups in total. The highest BCUT2D eigenvalue weighted by Gasteiger charge is 2.68. The minimum atomic E-state index is -6.29. The van der Waals surface area contributed by atoms with E-state index < -0.39 is 100 Å². The van der Waals surface area contributed by atoms with E-state index in [2.05, 4.69) is 19.9 Å². The Morgan fingerprint density at radius 3 is 2.14 bits per heavy atom. The second-order valence-corrected chi connectivity index (χ2v) is 17.9. The molecule has 25 heteroatoms. The molecule has 0 bridgehead atoms. The van der Waals surface area contributed by atoms with E-state index in [1.807, 2.05) is 0 Å². The number of imidazole rings is 1. The first-order valence-corrected chi connectivity index (χ1v) is 19.3. The van der Waals surface area contributed by atoms with E-state index in [-0.39, 0.29) is 27.7 Å². The number of ether oxygens (including phenoxy) is 6. The minimum Gasteiger partial charge on any atom is -0.382 e. The summed E-state index contributed by atoms with van der Waals surface area (Å²) in [4.78, 5) is 48.7. The van der Waals surface area contributed by atoms with Crippen molar-refractivity contribution >= 4 is 49.4 Å². The van der Waals surface area contributed by atoms with Gasteiger partial charge < -0.3 is 58.7 Å². The van der Waals surface area contributed by atoms with Gasteiger partial charge in [0, 0.05) is 5.38 Å². The van der Waals surface area contributed by atoms with Gasteiger partial charge in [-0.1, -0.05) is 0 Å². The summed E-state index contributed by atoms with van der Waals surface area (Å²) in [6.07, 6.45) is -5.87. The number of thiazole rings is 1. The first-order chi connectivity index (χ1) is 23.7. The zero-order valence-corrected chi connectivity index (χ0v) is 29.7. The molecule has 0 saturated carbocycles. The molecule has 4 fully saturated rings. The summed E-state index contributed by atoms with van der Waals surface area (Å²) >= 11 is 1.01. The molecular formula is C26H33F2N7O13P2S. The molecule has 4 aliphatic heterocycles. The Morgan fingerprint density at radius 1 is 0.961 bits per heavy atom. The maximum absolute atomic E-state index is 15.5. The SMILES string of the molecule is CC1(C)OC2C(COP(=O)(O)C(F)(F)P(=O)(O)OCC3OC(n4cnc5c(N)ncnc54)C4OC(C)(C)OC34)OC(c3nc(C(N)=O)cs3)C2O1. The Hall–Kier alpha value is -2.63. The van der Waals surface area contributed by atoms with Crippen LogP contribution in [0.5, 0.6) is 0 Å². The number of hydrogen-bond donors (Lipinski definition) is 4. The number of carbonyl (C=O) groups is 1. The van der Waals surface area contributed by atoms with Crippen LogP contribution in [-0.2, 0) is 46.6 Å². The number of rotatable bonds is 11. The van der Waals surface area contributed by atoms with Crippen LogP contribution in [0.15, 0.2) is 18.0 Å². The standard InChI is InChI=1S/C26H33F2N7O13P2S/c1-24(2)45-14-11(43-17(16(14)47-24)22-34-10(7-51-22)20(30)36)5-41-49(37,38)26(27,28)50(39,40)42-6-12-15-18(48-25(3,4)46-15)23(44-12)35-9-33-13-19(29)31-8-32-21(13)35/h7-9,11-12,14-18,23H,5-6H2,1-4H3,(H2,30,36)(H,37,38)(H,39,40)(H2,29,31,32). The summed E-state index contributed by atoms with van der Waals surface area (Å²) in [5.74, 6) is -3.08. The number of fused-ring (bicyclic) bond motifs is 3. The smallest absolute Gasteiger partial charge is 0.382 e. The van der Waals surface area contributed by atoms with Crippen molar-refractivity contribution in [3.63, 3.8) is 0 Å². The van der Waals surface area contributed by atoms with Crippen molar-refractivity contribution in [2.75, 3.05) is 18.9 Å². The van der Waals surface area contributed by atoms with Crippen LogP contribution in [0.1, 0.15) is 55.5 Å². The maximum atomic E-state index is 15.5. The second kappa shape index (κ2) is 12.5. The molecule has 0 aliphatic carbocycles. The van der Waals surface area contributed by atoms with Crippen LogP contribution in [0.2, 0.25) is 0 Å². The summed E-state index contributed by atoms with van der Waals surface area (Å²) < 4.78 is 103. The number of nitrogens with zero attached hydrogens (tertiary/aromatic N) is 5. The number of hydrogen-bond acceptors (Lipinski definition) is 17. The van der Waals surface area contributed by atoms with Gasteiger partial charge in [0.05, 0.1) is 19.5 Å². The van der Waals surface area contributed by atoms with Crippen LogP contribution >= 0.6 is 26.5 Å². The summed E-state index contributed by atoms with van der Waals surface area (Å²) in [6, 6.07) is 0. The summed E-state index contributed by atoms with van der Waals surface area (Å²) in [5.41, 5.74) is 11.6. The van der Waals surface area contributed by atoms with E-state index in [4.69, 9.17) is 48.9 Å². The highest BCUT2D eigenvalue weighted by molar-refractivity contribution is 7.72. The Balaban J connectivity index is 1.04. The summed E-state index contributed by atoms with van der Waals surface area (Å²) in [7, 11) is -12.6. The molecule has 0 radical (unpaired) electrons. The third kappa shape index (κ3) is 6.41. The number of alkyl halides is 2. The first-order valence-electron chi connectivity index (χ1n) is 15.2. The van der Waals surface area contributed by atoms with Crippen molar-refractivity contribution in [3.8, 4) is 0 Å². The molecule has 3 aromatic heterocycles. The van der Waals surface area contributed by atoms with E-state index in [0.717, 1.165) is 11.3 Å². The van der Waals surface area contributed by atoms with Gasteiger partial charge in [-0.15, -0.1) is 11.3 Å². The Labute approximate surface area is 290 Å². The highest BCUT2D eigenvalue weighted by atomic mass is 32.1. The molecule has 4 aliphatic rings. The van der Waals surface area contributed by atoms with Gasteiger partial charge in [0.1, 0.15) is 65.3 Å². The van der Waals surface area contributed by atoms with Crippen LogP contribution < -0.4 is 11.5 Å². The normalized spacial score (nSPS) is 33.6. The van der Waals surface area contributed by atoms with Crippen LogP contribution in [-0.4, -0.2) is 107 Å². The van der Waals surface area contributed by atoms with Gasteiger partial charge in [0.25, 0.3) is 5.91 Å². The van der Waals surface area contributed by atoms with Crippen molar-refractivity contribution in [2.24, 2.45) is 5.73 Å². The first kappa shape index (κ1) is 36.7. The van der Waals surface area contributed by atoms with E-state index in [0.29, 0.717) is 0 Å². The van der Waals surface area contributed by atoms with Crippen LogP contribution in [0.3, 0.4) is 0 Å². The molecule has 7 heterocycles. The topological polar surface area (TPSA) is 274 Å². The number of anilines is 1. The largest absolute Gasteiger partial charge is 0.443 e. The van der Waals surface area contributed by atoms with Gasteiger partial charge in [0.2, 0.25) is 0 Å². The molecular weight excluding hydrogens is 750 g/mol. The minimum absolute atomic E-state index is 0.0500. The van der Waals surface area contributed by atoms with Crippen molar-refractivity contribution in [1.29, 1.82) is 0 Å². The Bertz CT molecular complexity index is 1950. The molecule has 10 unspecified atom stereocenters. The van der Waals surface area contributed by atoms with Gasteiger partial charge in [-0.25, -0.2) is 19.9 Å². The molecule has 20 nitrogen and oxygen atoms in total. The summed E-state index contributed by atoms with van der Waals surface area (Å²) in [6.45, 7) is 4.33. The number of halogens is 2. The fraction of sp³-hybridized carbons (Fsp3) is 0.654. The van der Waals surface area contributed by atoms with E-state index >= 15 is 8.78 Å². The van der Waals surface area contributed by atoms with Crippen LogP contribution in [0.4, 0.5) is 14.6 Å². The molecule has 0 spiro atoms. The molecule has 7 rings (SSSR count). The predicted octanol–water partition coefficient (Wildman–Crippen LogP) is 2.00. The molecule has 3 aromatic rings. The van der Waals surface area contributed by atoms with Gasteiger partial charge in [-0.3, -0.25) is 18.5 Å². The van der Waals surface area contributed by atoms with Crippen molar-refractivity contribution in [1.82, 2.24) is 24.5 Å². The van der Waals surface area contributed by atoms with Crippen molar-refractivity contribution in [3.05, 3.63) is 28.7 Å². The molecule has 51 heavy (non-hydrogen) atoms. The Kier molecular flexibility index (Phi) is 8.98. The van der Waals surface area contributed by atoms with Gasteiger partial charge in [-0.2, -0.15) is 8.78 Å². The van der Waals surface area contributed by atoms with Gasteiger partial charge >= 0.3 is 20.6 Å². The maximum Gasteiger partial charge on any atom is 0.443 e. The zero-order chi connectivity index (χ0) is 36.9. The number of nitrogen functional groups attached to an aromatic ring is 1. The fourth-order valence-corrected chi connectivity index (χ4v) is 9.79. The molecule has 4 saturated heterocycles. The van der Waals surface area contributed by atoms with E-state index in [1.165, 1.54) is 22.6 Å². The van der Waals surface area contributed by atoms with Crippen molar-refractivity contribution in [2.45, 2.75) is 93.6 Å². The number of aromatic nitrogens is 5. The lowest BCUT2D eigenvalue weighted by Crippen LogP contribution is -2.34. The van der Waals surface area contributed by atoms with E-state index in [1.54, 1.807) is 27.7 Å². The van der Waals surface area contributed by atoms with Gasteiger partial charge in [-0.05, 0) is 27.7 Å². The van der Waals surface area contributed by atoms with Crippen LogP contribution in [0, 0.1) is 0 Å². The molecule has 10 atom stereocenters. The van der Waals surface area contributed by atoms with E-state index in [9.17, 15) is 23.7 Å². The summed E-state index contributed by atoms with van der Waals surface area (Å²) in [5, 5.41) is -3.70. The second-order valence-electron chi connectivity index (χ2n) is 12.9. The molecule has 0 aromatic carbocycles. The predicted molar refractivity (Wildman–Crippen MR) is 166 cm³/mol. The average Bonchev–Trinajstić information content (AvgIpc) is 3.86. The number of amides is 1. The lowest BCUT2D eigenvalue weighted by Gasteiger charge is -2.28. The zero-order valence-electron chi connectivity index (χ0n) is 27.1. The lowest BCUT2D eigenvalue weighted by molar-refractivity contribution is -0.199. The molecule has 1 amide bonds. The number of nitrogens with two attached hydrogens (primary N) is 2. The number of primary amides is 1. The third-order valence-corrected chi connectivity index (χ3v) is 13.2. The van der Waals surface area contributed by atoms with Crippen molar-refractivity contribution < 1.29 is 70.0 Å². The number of carbonyl (C=O) groups excluding carboxylic acids is 1. The van der Waals surface area contributed by atoms with Gasteiger partial charge in [0.15, 0.2) is 29.3 Å². The monoisotopic (exact) mass is 783 g/mol. The lowest BCUT2D eigenvalue weighted by atomic mass is 10.1. The Morgan fingerprint density at radius 2 is 1.53 bits per heavy atom. The molecule has 280 valence electrons. The third-order valence-electron chi connectivity index (χ3n) is 8.46. The fourth-order valence-electron chi connectivity index (χ4n) is 6.28. The quantitative estimate of drug-likeness (QED) is 0.202. The average molecular weight is 784 g/mol. The highest BCUT2D eigenvalue weighted by Crippen LogP contribution is 2.75.